The zero-order chi connectivity index (χ0) is 17.1. The summed E-state index contributed by atoms with van der Waals surface area (Å²) in [6, 6.07) is 4.61. The molecule has 1 atom stereocenters. The van der Waals surface area contributed by atoms with Crippen LogP contribution in [0.2, 0.25) is 0 Å². The van der Waals surface area contributed by atoms with Crippen LogP contribution in [-0.4, -0.2) is 26.7 Å². The first-order valence-corrected chi connectivity index (χ1v) is 10.2. The number of hydrogen-bond acceptors (Lipinski definition) is 2. The molecular weight excluding hydrogens is 339 g/mol. The fourth-order valence-electron chi connectivity index (χ4n) is 2.85. The summed E-state index contributed by atoms with van der Waals surface area (Å²) in [5.41, 5.74) is 4.40. The Labute approximate surface area is 157 Å². The number of unbranched alkanes of at least 4 members (excludes halogenated alkanes) is 5. The van der Waals surface area contributed by atoms with Gasteiger partial charge >= 0.3 is 0 Å². The second kappa shape index (κ2) is 14.1. The molecule has 0 fully saturated rings. The van der Waals surface area contributed by atoms with E-state index in [1.54, 1.807) is 19.5 Å². The molecule has 2 nitrogen and oxygen atoms in total. The van der Waals surface area contributed by atoms with Gasteiger partial charge in [0.15, 0.2) is 6.29 Å². The standard InChI is InChI=1S/C20H35O2P.ClH/c1-16-13-14-19(18(3)17(16)2)23-15-11-9-7-6-8-10-12-20(21-4)22-5;/h13-14,20,23H,6-12,15H2,1-5H3;1H. The molecule has 0 spiro atoms. The second-order valence-electron chi connectivity index (χ2n) is 6.42. The fourth-order valence-corrected chi connectivity index (χ4v) is 4.20. The van der Waals surface area contributed by atoms with E-state index in [-0.39, 0.29) is 18.7 Å². The maximum Gasteiger partial charge on any atom is 0.156 e. The highest BCUT2D eigenvalue weighted by Gasteiger charge is 2.04. The molecule has 140 valence electrons. The van der Waals surface area contributed by atoms with Crippen LogP contribution in [0.25, 0.3) is 0 Å². The van der Waals surface area contributed by atoms with Crippen LogP contribution in [0.3, 0.4) is 0 Å². The van der Waals surface area contributed by atoms with Gasteiger partial charge in [-0.05, 0) is 68.2 Å². The van der Waals surface area contributed by atoms with Crippen LogP contribution < -0.4 is 5.30 Å². The van der Waals surface area contributed by atoms with E-state index in [1.165, 1.54) is 61.4 Å². The molecule has 0 bridgehead atoms. The molecule has 0 heterocycles. The van der Waals surface area contributed by atoms with Crippen molar-refractivity contribution in [1.82, 2.24) is 0 Å². The van der Waals surface area contributed by atoms with E-state index in [0.29, 0.717) is 0 Å². The van der Waals surface area contributed by atoms with Crippen molar-refractivity contribution in [2.24, 2.45) is 0 Å². The lowest BCUT2D eigenvalue weighted by Crippen LogP contribution is -2.12. The summed E-state index contributed by atoms with van der Waals surface area (Å²) in [5, 5.41) is 1.57. The van der Waals surface area contributed by atoms with Gasteiger partial charge in [-0.15, -0.1) is 12.4 Å². The van der Waals surface area contributed by atoms with E-state index in [4.69, 9.17) is 9.47 Å². The monoisotopic (exact) mass is 374 g/mol. The number of halogens is 1. The molecule has 0 aliphatic heterocycles. The minimum atomic E-state index is -0.0163. The molecule has 4 heteroatoms. The van der Waals surface area contributed by atoms with E-state index in [2.05, 4.69) is 32.9 Å². The number of methoxy groups -OCH3 is 2. The smallest absolute Gasteiger partial charge is 0.156 e. The minimum absolute atomic E-state index is 0. The van der Waals surface area contributed by atoms with Gasteiger partial charge in [-0.3, -0.25) is 0 Å². The summed E-state index contributed by atoms with van der Waals surface area (Å²) in [7, 11) is 4.40. The predicted molar refractivity (Wildman–Crippen MR) is 111 cm³/mol. The van der Waals surface area contributed by atoms with Crippen LogP contribution in [0, 0.1) is 20.8 Å². The first kappa shape index (κ1) is 23.9. The molecule has 1 rings (SSSR count). The number of hydrogen-bond donors (Lipinski definition) is 0. The van der Waals surface area contributed by atoms with Gasteiger partial charge in [-0.1, -0.05) is 46.4 Å². The van der Waals surface area contributed by atoms with Gasteiger partial charge in [-0.2, -0.15) is 0 Å². The topological polar surface area (TPSA) is 18.5 Å². The van der Waals surface area contributed by atoms with E-state index < -0.39 is 0 Å². The van der Waals surface area contributed by atoms with Crippen molar-refractivity contribution in [3.63, 3.8) is 0 Å². The lowest BCUT2D eigenvalue weighted by atomic mass is 10.1. The van der Waals surface area contributed by atoms with Crippen LogP contribution in [0.1, 0.15) is 61.6 Å². The van der Waals surface area contributed by atoms with Gasteiger partial charge < -0.3 is 9.47 Å². The molecule has 0 saturated heterocycles. The Balaban J connectivity index is 0.00000529. The summed E-state index contributed by atoms with van der Waals surface area (Å²) in [6.45, 7) is 6.73. The van der Waals surface area contributed by atoms with Gasteiger partial charge in [-0.25, -0.2) is 0 Å². The average Bonchev–Trinajstić information content (AvgIpc) is 2.56. The summed E-state index contributed by atoms with van der Waals surface area (Å²) in [6.07, 6.45) is 10.3. The van der Waals surface area contributed by atoms with Crippen LogP contribution in [0.5, 0.6) is 0 Å². The first-order chi connectivity index (χ1) is 11.1. The molecule has 0 saturated carbocycles. The molecule has 24 heavy (non-hydrogen) atoms. The number of benzene rings is 1. The van der Waals surface area contributed by atoms with Crippen molar-refractivity contribution < 1.29 is 9.47 Å². The van der Waals surface area contributed by atoms with E-state index in [0.717, 1.165) is 15.0 Å². The van der Waals surface area contributed by atoms with Crippen LogP contribution in [-0.2, 0) is 9.47 Å². The van der Waals surface area contributed by atoms with Crippen molar-refractivity contribution in [1.29, 1.82) is 0 Å². The Hall–Kier alpha value is -0.140. The van der Waals surface area contributed by atoms with E-state index in [1.807, 2.05) is 0 Å². The first-order valence-electron chi connectivity index (χ1n) is 8.96. The predicted octanol–water partition coefficient (Wildman–Crippen LogP) is 5.69. The van der Waals surface area contributed by atoms with Crippen molar-refractivity contribution in [2.45, 2.75) is 72.0 Å². The molecule has 1 unspecified atom stereocenters. The quantitative estimate of drug-likeness (QED) is 0.266. The number of ether oxygens (including phenoxy) is 2. The Morgan fingerprint density at radius 3 is 2.04 bits per heavy atom. The van der Waals surface area contributed by atoms with E-state index in [9.17, 15) is 0 Å². The van der Waals surface area contributed by atoms with Crippen LogP contribution >= 0.6 is 21.0 Å². The van der Waals surface area contributed by atoms with Crippen LogP contribution in [0.15, 0.2) is 12.1 Å². The molecule has 0 amide bonds. The zero-order valence-corrected chi connectivity index (χ0v) is 17.9. The average molecular weight is 375 g/mol. The molecule has 0 aliphatic carbocycles. The number of rotatable bonds is 12. The van der Waals surface area contributed by atoms with Crippen molar-refractivity contribution in [3.8, 4) is 0 Å². The van der Waals surface area contributed by atoms with Gasteiger partial charge in [0.25, 0.3) is 0 Å². The number of aryl methyl sites for hydroxylation is 1. The Kier molecular flexibility index (Phi) is 14.0. The highest BCUT2D eigenvalue weighted by molar-refractivity contribution is 7.47. The molecule has 0 N–H and O–H groups in total. The third kappa shape index (κ3) is 8.81. The summed E-state index contributed by atoms with van der Waals surface area (Å²) >= 11 is 0. The van der Waals surface area contributed by atoms with Gasteiger partial charge in [0.1, 0.15) is 0 Å². The third-order valence-electron chi connectivity index (χ3n) is 4.77. The van der Waals surface area contributed by atoms with Crippen LogP contribution in [0.4, 0.5) is 0 Å². The highest BCUT2D eigenvalue weighted by Crippen LogP contribution is 2.20. The molecule has 0 radical (unpaired) electrons. The fraction of sp³-hybridized carbons (Fsp3) is 0.700. The van der Waals surface area contributed by atoms with Gasteiger partial charge in [0.2, 0.25) is 0 Å². The van der Waals surface area contributed by atoms with E-state index >= 15 is 0 Å². The van der Waals surface area contributed by atoms with Crippen molar-refractivity contribution in [3.05, 3.63) is 28.8 Å². The lowest BCUT2D eigenvalue weighted by Gasteiger charge is -2.12. The SMILES string of the molecule is COC(CCCCCCCCPc1ccc(C)c(C)c1C)OC.Cl. The molecule has 1 aromatic rings. The Morgan fingerprint density at radius 1 is 0.833 bits per heavy atom. The largest absolute Gasteiger partial charge is 0.356 e. The lowest BCUT2D eigenvalue weighted by molar-refractivity contribution is -0.107. The second-order valence-corrected chi connectivity index (χ2v) is 7.81. The Morgan fingerprint density at radius 2 is 1.42 bits per heavy atom. The summed E-state index contributed by atoms with van der Waals surface area (Å²) in [5.74, 6) is 0. The Bertz CT molecular complexity index is 448. The highest BCUT2D eigenvalue weighted by atomic mass is 35.5. The van der Waals surface area contributed by atoms with Crippen molar-refractivity contribution in [2.75, 3.05) is 20.4 Å². The normalized spacial score (nSPS) is 11.4. The third-order valence-corrected chi connectivity index (χ3v) is 6.29. The minimum Gasteiger partial charge on any atom is -0.356 e. The van der Waals surface area contributed by atoms with Gasteiger partial charge in [0.05, 0.1) is 0 Å². The van der Waals surface area contributed by atoms with Crippen molar-refractivity contribution >= 4 is 26.3 Å². The molecule has 1 aromatic carbocycles. The molecular formula is C20H36ClO2P. The maximum absolute atomic E-state index is 5.21. The van der Waals surface area contributed by atoms with Gasteiger partial charge in [0, 0.05) is 14.2 Å². The molecule has 0 aliphatic rings. The summed E-state index contributed by atoms with van der Waals surface area (Å²) < 4.78 is 10.4. The maximum atomic E-state index is 5.21. The molecule has 0 aromatic heterocycles. The summed E-state index contributed by atoms with van der Waals surface area (Å²) in [4.78, 5) is 0. The zero-order valence-electron chi connectivity index (χ0n) is 16.1.